The summed E-state index contributed by atoms with van der Waals surface area (Å²) in [6, 6.07) is 0. The number of hydrogen-bond donors (Lipinski definition) is 0. The maximum absolute atomic E-state index is 11.1. The number of rotatable bonds is 8. The van der Waals surface area contributed by atoms with Gasteiger partial charge in [-0.25, -0.2) is 9.36 Å². The lowest BCUT2D eigenvalue weighted by atomic mass is 10.1. The Balaban J connectivity index is 2.04. The van der Waals surface area contributed by atoms with Crippen LogP contribution in [0.3, 0.4) is 0 Å². The zero-order chi connectivity index (χ0) is 14.1. The van der Waals surface area contributed by atoms with Crippen molar-refractivity contribution in [3.05, 3.63) is 18.7 Å². The van der Waals surface area contributed by atoms with Gasteiger partial charge in [0, 0.05) is 13.3 Å². The molecule has 0 unspecified atom stereocenters. The predicted octanol–water partition coefficient (Wildman–Crippen LogP) is 1.95. The summed E-state index contributed by atoms with van der Waals surface area (Å²) in [5.74, 6) is -0.0947. The second-order valence-electron chi connectivity index (χ2n) is 4.67. The molecule has 0 aliphatic rings. The molecule has 0 saturated carbocycles. The van der Waals surface area contributed by atoms with Crippen LogP contribution in [0.4, 0.5) is 0 Å². The van der Waals surface area contributed by atoms with Gasteiger partial charge in [0.2, 0.25) is 0 Å². The standard InChI is InChI=1S/C14H23N2O3/c1-13(17)16-11-10-15(12-16)9-7-5-3-4-6-8-14(18)19-2/h10-12H,3-9H2,1-2H3/q+1. The number of aryl methyl sites for hydroxylation is 1. The van der Waals surface area contributed by atoms with Crippen molar-refractivity contribution in [2.75, 3.05) is 7.11 Å². The van der Waals surface area contributed by atoms with Crippen LogP contribution in [0.5, 0.6) is 0 Å². The molecular weight excluding hydrogens is 244 g/mol. The van der Waals surface area contributed by atoms with Gasteiger partial charge in [0.15, 0.2) is 0 Å². The minimum atomic E-state index is -0.124. The van der Waals surface area contributed by atoms with Crippen molar-refractivity contribution >= 4 is 11.9 Å². The smallest absolute Gasteiger partial charge is 0.310 e. The number of carbonyl (C=O) groups is 2. The Kier molecular flexibility index (Phi) is 6.85. The Morgan fingerprint density at radius 3 is 2.47 bits per heavy atom. The molecule has 1 rings (SSSR count). The van der Waals surface area contributed by atoms with Gasteiger partial charge < -0.3 is 4.74 Å². The summed E-state index contributed by atoms with van der Waals surface area (Å²) in [6.07, 6.45) is 11.4. The molecule has 0 amide bonds. The molecule has 1 aromatic heterocycles. The normalized spacial score (nSPS) is 10.4. The van der Waals surface area contributed by atoms with Crippen LogP contribution in [-0.2, 0) is 16.1 Å². The van der Waals surface area contributed by atoms with Crippen molar-refractivity contribution in [2.24, 2.45) is 0 Å². The molecule has 0 aliphatic heterocycles. The Morgan fingerprint density at radius 1 is 1.16 bits per heavy atom. The third-order valence-electron chi connectivity index (χ3n) is 3.08. The minimum Gasteiger partial charge on any atom is -0.469 e. The quantitative estimate of drug-likeness (QED) is 0.411. The van der Waals surface area contributed by atoms with Crippen molar-refractivity contribution in [1.82, 2.24) is 4.57 Å². The zero-order valence-corrected chi connectivity index (χ0v) is 11.8. The Labute approximate surface area is 114 Å². The molecule has 1 aromatic rings. The number of hydrogen-bond acceptors (Lipinski definition) is 3. The molecule has 0 fully saturated rings. The highest BCUT2D eigenvalue weighted by Crippen LogP contribution is 2.05. The fourth-order valence-electron chi connectivity index (χ4n) is 1.91. The van der Waals surface area contributed by atoms with E-state index in [1.165, 1.54) is 7.11 Å². The lowest BCUT2D eigenvalue weighted by Gasteiger charge is -2.00. The Bertz CT molecular complexity index is 413. The van der Waals surface area contributed by atoms with Crippen molar-refractivity contribution < 1.29 is 18.9 Å². The molecule has 19 heavy (non-hydrogen) atoms. The van der Waals surface area contributed by atoms with Crippen molar-refractivity contribution in [2.45, 2.75) is 52.0 Å². The van der Waals surface area contributed by atoms with Crippen LogP contribution in [0, 0.1) is 0 Å². The van der Waals surface area contributed by atoms with Gasteiger partial charge in [-0.3, -0.25) is 4.79 Å². The van der Waals surface area contributed by atoms with Crippen LogP contribution < -0.4 is 4.57 Å². The Hall–Kier alpha value is -1.65. The van der Waals surface area contributed by atoms with E-state index in [4.69, 9.17) is 0 Å². The maximum atomic E-state index is 11.1. The first-order valence-corrected chi connectivity index (χ1v) is 6.78. The summed E-state index contributed by atoms with van der Waals surface area (Å²) in [5.41, 5.74) is 0. The molecule has 0 aliphatic carbocycles. The zero-order valence-electron chi connectivity index (χ0n) is 11.8. The summed E-state index contributed by atoms with van der Waals surface area (Å²) in [7, 11) is 1.42. The predicted molar refractivity (Wildman–Crippen MR) is 70.6 cm³/mol. The first-order chi connectivity index (χ1) is 9.13. The molecular formula is C14H23N2O3+. The summed E-state index contributed by atoms with van der Waals surface area (Å²) < 4.78 is 8.19. The topological polar surface area (TPSA) is 52.2 Å². The number of aromatic nitrogens is 2. The number of carbonyl (C=O) groups excluding carboxylic acids is 2. The van der Waals surface area contributed by atoms with Crippen molar-refractivity contribution in [1.29, 1.82) is 0 Å². The van der Waals surface area contributed by atoms with Gasteiger partial charge in [-0.15, -0.1) is 0 Å². The monoisotopic (exact) mass is 267 g/mol. The largest absolute Gasteiger partial charge is 0.469 e. The van der Waals surface area contributed by atoms with E-state index in [2.05, 4.69) is 4.74 Å². The van der Waals surface area contributed by atoms with E-state index in [1.807, 2.05) is 17.1 Å². The van der Waals surface area contributed by atoms with Crippen LogP contribution in [0.2, 0.25) is 0 Å². The van der Waals surface area contributed by atoms with Crippen LogP contribution >= 0.6 is 0 Å². The van der Waals surface area contributed by atoms with E-state index in [0.717, 1.165) is 38.6 Å². The molecule has 0 bridgehead atoms. The van der Waals surface area contributed by atoms with E-state index in [9.17, 15) is 9.59 Å². The van der Waals surface area contributed by atoms with E-state index in [-0.39, 0.29) is 11.9 Å². The fraction of sp³-hybridized carbons (Fsp3) is 0.643. The lowest BCUT2D eigenvalue weighted by molar-refractivity contribution is -0.696. The van der Waals surface area contributed by atoms with Crippen LogP contribution in [0.1, 0.15) is 50.2 Å². The highest BCUT2D eigenvalue weighted by Gasteiger charge is 2.06. The lowest BCUT2D eigenvalue weighted by Crippen LogP contribution is -2.31. The molecule has 0 atom stereocenters. The highest BCUT2D eigenvalue weighted by atomic mass is 16.5. The van der Waals surface area contributed by atoms with Gasteiger partial charge in [-0.05, 0) is 19.3 Å². The number of methoxy groups -OCH3 is 1. The molecule has 5 nitrogen and oxygen atoms in total. The molecule has 106 valence electrons. The average Bonchev–Trinajstić information content (AvgIpc) is 2.86. The molecule has 0 N–H and O–H groups in total. The van der Waals surface area contributed by atoms with Crippen LogP contribution in [0.15, 0.2) is 18.7 Å². The second-order valence-corrected chi connectivity index (χ2v) is 4.67. The fourth-order valence-corrected chi connectivity index (χ4v) is 1.91. The van der Waals surface area contributed by atoms with Gasteiger partial charge >= 0.3 is 11.9 Å². The van der Waals surface area contributed by atoms with E-state index in [1.54, 1.807) is 17.7 Å². The van der Waals surface area contributed by atoms with Crippen molar-refractivity contribution in [3.63, 3.8) is 0 Å². The molecule has 1 heterocycles. The SMILES string of the molecule is COC(=O)CCCCCCC[n+]1ccn(C(C)=O)c1. The van der Waals surface area contributed by atoms with Crippen molar-refractivity contribution in [3.8, 4) is 0 Å². The third kappa shape index (κ3) is 6.18. The summed E-state index contributed by atoms with van der Waals surface area (Å²) in [6.45, 7) is 2.48. The molecule has 0 saturated heterocycles. The van der Waals surface area contributed by atoms with Gasteiger partial charge in [0.05, 0.1) is 13.7 Å². The van der Waals surface area contributed by atoms with Crippen LogP contribution in [0.25, 0.3) is 0 Å². The van der Waals surface area contributed by atoms with E-state index in [0.29, 0.717) is 6.42 Å². The van der Waals surface area contributed by atoms with Gasteiger partial charge in [0.25, 0.3) is 6.33 Å². The van der Waals surface area contributed by atoms with E-state index < -0.39 is 0 Å². The maximum Gasteiger partial charge on any atom is 0.310 e. The minimum absolute atomic E-state index is 0.0292. The first-order valence-electron chi connectivity index (χ1n) is 6.78. The molecule has 5 heteroatoms. The van der Waals surface area contributed by atoms with Crippen LogP contribution in [-0.4, -0.2) is 23.6 Å². The Morgan fingerprint density at radius 2 is 1.84 bits per heavy atom. The number of nitrogens with zero attached hydrogens (tertiary/aromatic N) is 2. The summed E-state index contributed by atoms with van der Waals surface area (Å²) in [5, 5.41) is 0. The van der Waals surface area contributed by atoms with Gasteiger partial charge in [-0.1, -0.05) is 12.8 Å². The van der Waals surface area contributed by atoms with E-state index >= 15 is 0 Å². The number of esters is 1. The molecule has 0 spiro atoms. The molecule has 0 aromatic carbocycles. The van der Waals surface area contributed by atoms with Gasteiger partial charge in [-0.2, -0.15) is 4.57 Å². The summed E-state index contributed by atoms with van der Waals surface area (Å²) in [4.78, 5) is 22.0. The molecule has 0 radical (unpaired) electrons. The number of imidazole rings is 1. The third-order valence-corrected chi connectivity index (χ3v) is 3.08. The number of ether oxygens (including phenoxy) is 1. The highest BCUT2D eigenvalue weighted by molar-refractivity contribution is 5.75. The second kappa shape index (κ2) is 8.45. The average molecular weight is 267 g/mol. The first kappa shape index (κ1) is 15.4. The van der Waals surface area contributed by atoms with Gasteiger partial charge in [0.1, 0.15) is 12.4 Å². The number of unbranched alkanes of at least 4 members (excludes halogenated alkanes) is 4. The summed E-state index contributed by atoms with van der Waals surface area (Å²) >= 11 is 0.